The quantitative estimate of drug-likeness (QED) is 0.547. The van der Waals surface area contributed by atoms with Gasteiger partial charge in [0.25, 0.3) is 5.56 Å². The summed E-state index contributed by atoms with van der Waals surface area (Å²) in [6.45, 7) is 6.22. The summed E-state index contributed by atoms with van der Waals surface area (Å²) < 4.78 is 35.2. The van der Waals surface area contributed by atoms with Crippen molar-refractivity contribution >= 4 is 10.0 Å². The second-order valence-electron chi connectivity index (χ2n) is 7.21. The van der Waals surface area contributed by atoms with Crippen LogP contribution in [0.5, 0.6) is 5.75 Å². The number of aromatic nitrogens is 3. The van der Waals surface area contributed by atoms with Crippen molar-refractivity contribution in [2.45, 2.75) is 38.1 Å². The van der Waals surface area contributed by atoms with Crippen LogP contribution < -0.4 is 15.0 Å². The molecule has 0 unspecified atom stereocenters. The fourth-order valence-corrected chi connectivity index (χ4v) is 4.21. The molecule has 9 heteroatoms. The molecular weight excluding hydrogens is 416 g/mol. The van der Waals surface area contributed by atoms with E-state index in [1.54, 1.807) is 43.6 Å². The van der Waals surface area contributed by atoms with Gasteiger partial charge in [0.05, 0.1) is 18.8 Å². The molecule has 1 aromatic carbocycles. The van der Waals surface area contributed by atoms with Crippen molar-refractivity contribution in [2.24, 2.45) is 0 Å². The summed E-state index contributed by atoms with van der Waals surface area (Å²) in [6.07, 6.45) is 3.30. The third-order valence-corrected chi connectivity index (χ3v) is 6.15. The van der Waals surface area contributed by atoms with E-state index in [2.05, 4.69) is 14.8 Å². The van der Waals surface area contributed by atoms with Gasteiger partial charge >= 0.3 is 0 Å². The van der Waals surface area contributed by atoms with Gasteiger partial charge in [0.2, 0.25) is 10.0 Å². The van der Waals surface area contributed by atoms with E-state index >= 15 is 0 Å². The summed E-state index contributed by atoms with van der Waals surface area (Å²) >= 11 is 0. The van der Waals surface area contributed by atoms with Crippen molar-refractivity contribution in [3.05, 3.63) is 70.8 Å². The van der Waals surface area contributed by atoms with E-state index in [0.717, 1.165) is 11.1 Å². The summed E-state index contributed by atoms with van der Waals surface area (Å²) in [4.78, 5) is 16.3. The van der Waals surface area contributed by atoms with E-state index in [0.29, 0.717) is 18.1 Å². The average molecular weight is 443 g/mol. The van der Waals surface area contributed by atoms with Gasteiger partial charge in [-0.1, -0.05) is 19.9 Å². The molecule has 3 rings (SSSR count). The number of hydrogen-bond donors (Lipinski definition) is 1. The number of benzene rings is 1. The normalized spacial score (nSPS) is 11.6. The van der Waals surface area contributed by atoms with E-state index in [1.807, 2.05) is 26.0 Å². The molecular formula is C22H26N4O4S. The SMILES string of the molecule is CCOc1ccc(C(C)C)cc1S(=O)(=O)NCCn1nc(-c2cccnc2)ccc1=O. The first kappa shape index (κ1) is 22.6. The van der Waals surface area contributed by atoms with Crippen molar-refractivity contribution in [3.8, 4) is 17.0 Å². The largest absolute Gasteiger partial charge is 0.492 e. The van der Waals surface area contributed by atoms with Gasteiger partial charge in [-0.25, -0.2) is 17.8 Å². The molecule has 0 fully saturated rings. The Morgan fingerprint density at radius 1 is 1.16 bits per heavy atom. The molecule has 2 heterocycles. The highest BCUT2D eigenvalue weighted by atomic mass is 32.2. The zero-order valence-corrected chi connectivity index (χ0v) is 18.6. The molecule has 0 aliphatic rings. The summed E-state index contributed by atoms with van der Waals surface area (Å²) in [7, 11) is -3.84. The maximum Gasteiger partial charge on any atom is 0.266 e. The lowest BCUT2D eigenvalue weighted by Gasteiger charge is -2.15. The lowest BCUT2D eigenvalue weighted by atomic mass is 10.0. The third-order valence-electron chi connectivity index (χ3n) is 4.66. The Labute approximate surface area is 182 Å². The summed E-state index contributed by atoms with van der Waals surface area (Å²) in [6, 6.07) is 11.8. The molecule has 0 saturated carbocycles. The summed E-state index contributed by atoms with van der Waals surface area (Å²) in [5.41, 5.74) is 1.93. The van der Waals surface area contributed by atoms with Gasteiger partial charge < -0.3 is 4.74 Å². The smallest absolute Gasteiger partial charge is 0.266 e. The fourth-order valence-electron chi connectivity index (χ4n) is 3.01. The number of rotatable bonds is 9. The first-order valence-corrected chi connectivity index (χ1v) is 11.5. The van der Waals surface area contributed by atoms with E-state index in [1.165, 1.54) is 10.7 Å². The Balaban J connectivity index is 1.79. The molecule has 8 nitrogen and oxygen atoms in total. The average Bonchev–Trinajstić information content (AvgIpc) is 2.76. The van der Waals surface area contributed by atoms with E-state index in [4.69, 9.17) is 4.74 Å². The van der Waals surface area contributed by atoms with Gasteiger partial charge in [-0.2, -0.15) is 5.10 Å². The van der Waals surface area contributed by atoms with Gasteiger partial charge in [-0.15, -0.1) is 0 Å². The zero-order chi connectivity index (χ0) is 22.4. The van der Waals surface area contributed by atoms with Crippen LogP contribution in [0.4, 0.5) is 0 Å². The Kier molecular flexibility index (Phi) is 7.19. The predicted molar refractivity (Wildman–Crippen MR) is 119 cm³/mol. The van der Waals surface area contributed by atoms with Crippen LogP contribution in [0.2, 0.25) is 0 Å². The van der Waals surface area contributed by atoms with Gasteiger partial charge in [-0.3, -0.25) is 9.78 Å². The molecule has 31 heavy (non-hydrogen) atoms. The van der Waals surface area contributed by atoms with Crippen LogP contribution in [0.1, 0.15) is 32.3 Å². The van der Waals surface area contributed by atoms with Gasteiger partial charge in [0.15, 0.2) is 0 Å². The monoisotopic (exact) mass is 442 g/mol. The highest BCUT2D eigenvalue weighted by Crippen LogP contribution is 2.28. The van der Waals surface area contributed by atoms with Crippen molar-refractivity contribution in [1.29, 1.82) is 0 Å². The first-order valence-electron chi connectivity index (χ1n) is 10.1. The van der Waals surface area contributed by atoms with Gasteiger partial charge in [0, 0.05) is 30.6 Å². The van der Waals surface area contributed by atoms with Crippen molar-refractivity contribution < 1.29 is 13.2 Å². The lowest BCUT2D eigenvalue weighted by Crippen LogP contribution is -2.32. The number of ether oxygens (including phenoxy) is 1. The minimum atomic E-state index is -3.84. The van der Waals surface area contributed by atoms with Crippen molar-refractivity contribution in [2.75, 3.05) is 13.2 Å². The molecule has 0 aliphatic heterocycles. The number of nitrogens with zero attached hydrogens (tertiary/aromatic N) is 3. The Hall–Kier alpha value is -3.04. The molecule has 0 atom stereocenters. The molecule has 0 amide bonds. The van der Waals surface area contributed by atoms with Crippen molar-refractivity contribution in [3.63, 3.8) is 0 Å². The predicted octanol–water partition coefficient (Wildman–Crippen LogP) is 2.81. The Bertz CT molecular complexity index is 1190. The molecule has 1 N–H and O–H groups in total. The van der Waals surface area contributed by atoms with E-state index in [-0.39, 0.29) is 29.5 Å². The van der Waals surface area contributed by atoms with Crippen LogP contribution >= 0.6 is 0 Å². The van der Waals surface area contributed by atoms with Crippen LogP contribution in [0, 0.1) is 0 Å². The molecule has 0 spiro atoms. The minimum absolute atomic E-state index is 0.00318. The molecule has 0 radical (unpaired) electrons. The highest BCUT2D eigenvalue weighted by molar-refractivity contribution is 7.89. The van der Waals surface area contributed by atoms with Crippen LogP contribution in [-0.4, -0.2) is 36.3 Å². The third kappa shape index (κ3) is 5.56. The van der Waals surface area contributed by atoms with Crippen molar-refractivity contribution in [1.82, 2.24) is 19.5 Å². The van der Waals surface area contributed by atoms with Crippen LogP contribution in [0.3, 0.4) is 0 Å². The maximum absolute atomic E-state index is 13.0. The minimum Gasteiger partial charge on any atom is -0.492 e. The number of sulfonamides is 1. The number of nitrogens with one attached hydrogen (secondary N) is 1. The van der Waals surface area contributed by atoms with Gasteiger partial charge in [0.1, 0.15) is 10.6 Å². The molecule has 3 aromatic rings. The fraction of sp³-hybridized carbons (Fsp3) is 0.318. The standard InChI is InChI=1S/C22H26N4O4S/c1-4-30-20-9-7-17(16(2)3)14-21(20)31(28,29)24-12-13-26-22(27)10-8-19(25-26)18-6-5-11-23-15-18/h5-11,14-16,24H,4,12-13H2,1-3H3. The second-order valence-corrected chi connectivity index (χ2v) is 8.95. The molecule has 2 aromatic heterocycles. The zero-order valence-electron chi connectivity index (χ0n) is 17.8. The molecule has 0 bridgehead atoms. The molecule has 164 valence electrons. The lowest BCUT2D eigenvalue weighted by molar-refractivity contribution is 0.330. The number of pyridine rings is 1. The summed E-state index contributed by atoms with van der Waals surface area (Å²) in [5, 5.41) is 4.32. The second kappa shape index (κ2) is 9.84. The molecule has 0 aliphatic carbocycles. The first-order chi connectivity index (χ1) is 14.8. The van der Waals surface area contributed by atoms with Crippen LogP contribution in [0.15, 0.2) is 64.5 Å². The Morgan fingerprint density at radius 2 is 1.97 bits per heavy atom. The van der Waals surface area contributed by atoms with E-state index in [9.17, 15) is 13.2 Å². The maximum atomic E-state index is 13.0. The van der Waals surface area contributed by atoms with Gasteiger partial charge in [-0.05, 0) is 48.7 Å². The highest BCUT2D eigenvalue weighted by Gasteiger charge is 2.21. The molecule has 0 saturated heterocycles. The van der Waals surface area contributed by atoms with Crippen LogP contribution in [-0.2, 0) is 16.6 Å². The summed E-state index contributed by atoms with van der Waals surface area (Å²) in [5.74, 6) is 0.468. The Morgan fingerprint density at radius 3 is 2.65 bits per heavy atom. The topological polar surface area (TPSA) is 103 Å². The van der Waals surface area contributed by atoms with E-state index < -0.39 is 10.0 Å². The number of hydrogen-bond acceptors (Lipinski definition) is 6. The van der Waals surface area contributed by atoms with Crippen LogP contribution in [0.25, 0.3) is 11.3 Å².